The van der Waals surface area contributed by atoms with Gasteiger partial charge in [0.25, 0.3) is 5.56 Å². The van der Waals surface area contributed by atoms with E-state index < -0.39 is 0 Å². The lowest BCUT2D eigenvalue weighted by Crippen LogP contribution is -2.29. The van der Waals surface area contributed by atoms with Crippen molar-refractivity contribution >= 4 is 33.3 Å². The number of aromatic amines is 2. The van der Waals surface area contributed by atoms with E-state index in [4.69, 9.17) is 5.10 Å². The number of H-pyrrole nitrogens is 2. The minimum absolute atomic E-state index is 0.126. The summed E-state index contributed by atoms with van der Waals surface area (Å²) >= 11 is 0. The third kappa shape index (κ3) is 3.30. The van der Waals surface area contributed by atoms with Crippen LogP contribution in [-0.2, 0) is 0 Å². The van der Waals surface area contributed by atoms with Gasteiger partial charge in [0.05, 0.1) is 28.8 Å². The van der Waals surface area contributed by atoms with Crippen LogP contribution in [0.2, 0.25) is 0 Å². The molecule has 10 nitrogen and oxygen atoms in total. The van der Waals surface area contributed by atoms with Crippen molar-refractivity contribution in [2.45, 2.75) is 19.9 Å². The Balaban J connectivity index is 1.39. The molecule has 0 fully saturated rings. The number of benzene rings is 2. The van der Waals surface area contributed by atoms with Crippen LogP contribution in [0.1, 0.15) is 24.4 Å². The number of hydrogen-bond acceptors (Lipinski definition) is 6. The van der Waals surface area contributed by atoms with Crippen molar-refractivity contribution in [1.82, 2.24) is 39.3 Å². The van der Waals surface area contributed by atoms with Crippen LogP contribution in [0.5, 0.6) is 0 Å². The number of anilines is 1. The van der Waals surface area contributed by atoms with E-state index in [1.165, 1.54) is 6.33 Å². The summed E-state index contributed by atoms with van der Waals surface area (Å²) < 4.78 is 3.32. The Labute approximate surface area is 216 Å². The van der Waals surface area contributed by atoms with Crippen LogP contribution in [0.25, 0.3) is 44.3 Å². The summed E-state index contributed by atoms with van der Waals surface area (Å²) in [6.45, 7) is 3.89. The summed E-state index contributed by atoms with van der Waals surface area (Å²) in [5.41, 5.74) is 5.66. The molecule has 0 unspecified atom stereocenters. The quantitative estimate of drug-likeness (QED) is 0.312. The average molecular weight is 502 g/mol. The molecule has 0 aliphatic heterocycles. The molecule has 0 bridgehead atoms. The maximum absolute atomic E-state index is 13.7. The van der Waals surface area contributed by atoms with Crippen LogP contribution >= 0.6 is 0 Å². The number of nitrogens with zero attached hydrogens (tertiary/aromatic N) is 6. The van der Waals surface area contributed by atoms with E-state index in [2.05, 4.69) is 36.5 Å². The molecule has 186 valence electrons. The SMILES string of the molecule is Cc1ccn2nc([C@H](C)Nc3ncnc4[nH]cc(-c5cccc6[nH]ncc56)c34)n(-c3ccccc3)c(=O)c12. The Morgan fingerprint density at radius 1 is 1.00 bits per heavy atom. The molecule has 0 aliphatic rings. The van der Waals surface area contributed by atoms with E-state index in [0.717, 1.165) is 38.7 Å². The topological polar surface area (TPSA) is 122 Å². The zero-order valence-corrected chi connectivity index (χ0v) is 20.7. The molecule has 1 atom stereocenters. The first-order chi connectivity index (χ1) is 18.6. The van der Waals surface area contributed by atoms with E-state index in [1.807, 2.05) is 81.0 Å². The van der Waals surface area contributed by atoms with E-state index in [9.17, 15) is 4.79 Å². The fourth-order valence-corrected chi connectivity index (χ4v) is 5.10. The summed E-state index contributed by atoms with van der Waals surface area (Å²) in [5, 5.41) is 17.5. The molecular weight excluding hydrogens is 478 g/mol. The van der Waals surface area contributed by atoms with Crippen molar-refractivity contribution in [3.05, 3.63) is 101 Å². The lowest BCUT2D eigenvalue weighted by Gasteiger charge is -2.20. The highest BCUT2D eigenvalue weighted by atomic mass is 16.1. The van der Waals surface area contributed by atoms with Crippen molar-refractivity contribution in [2.75, 3.05) is 5.32 Å². The van der Waals surface area contributed by atoms with Crippen molar-refractivity contribution < 1.29 is 0 Å². The summed E-state index contributed by atoms with van der Waals surface area (Å²) in [5.74, 6) is 1.20. The van der Waals surface area contributed by atoms with E-state index >= 15 is 0 Å². The van der Waals surface area contributed by atoms with E-state index in [0.29, 0.717) is 22.8 Å². The molecular formula is C28H23N9O. The number of aryl methyl sites for hydroxylation is 1. The van der Waals surface area contributed by atoms with Crippen molar-refractivity contribution in [3.63, 3.8) is 0 Å². The highest BCUT2D eigenvalue weighted by Gasteiger charge is 2.22. The molecule has 10 heteroatoms. The van der Waals surface area contributed by atoms with Gasteiger partial charge in [-0.1, -0.05) is 30.3 Å². The number of para-hydroxylation sites is 1. The summed E-state index contributed by atoms with van der Waals surface area (Å²) in [6.07, 6.45) is 7.09. The fourth-order valence-electron chi connectivity index (χ4n) is 5.10. The Bertz CT molecular complexity index is 2010. The molecule has 0 saturated heterocycles. The summed E-state index contributed by atoms with van der Waals surface area (Å²) in [4.78, 5) is 26.1. The van der Waals surface area contributed by atoms with Crippen LogP contribution < -0.4 is 10.9 Å². The first-order valence-corrected chi connectivity index (χ1v) is 12.3. The molecule has 3 N–H and O–H groups in total. The first-order valence-electron chi connectivity index (χ1n) is 12.3. The number of nitrogens with one attached hydrogen (secondary N) is 3. The van der Waals surface area contributed by atoms with Crippen molar-refractivity contribution in [1.29, 1.82) is 0 Å². The zero-order chi connectivity index (χ0) is 25.8. The van der Waals surface area contributed by atoms with Gasteiger partial charge in [-0.3, -0.25) is 14.5 Å². The largest absolute Gasteiger partial charge is 0.360 e. The molecule has 0 aliphatic carbocycles. The van der Waals surface area contributed by atoms with Crippen LogP contribution in [0.4, 0.5) is 5.82 Å². The third-order valence-corrected chi connectivity index (χ3v) is 6.91. The van der Waals surface area contributed by atoms with Crippen LogP contribution in [0.3, 0.4) is 0 Å². The molecule has 2 aromatic carbocycles. The Kier molecular flexibility index (Phi) is 4.87. The van der Waals surface area contributed by atoms with Crippen LogP contribution in [0, 0.1) is 6.92 Å². The minimum atomic E-state index is -0.374. The molecule has 5 aromatic heterocycles. The smallest absolute Gasteiger partial charge is 0.282 e. The highest BCUT2D eigenvalue weighted by Crippen LogP contribution is 2.36. The second-order valence-electron chi connectivity index (χ2n) is 9.28. The second kappa shape index (κ2) is 8.41. The molecule has 7 aromatic rings. The summed E-state index contributed by atoms with van der Waals surface area (Å²) in [6, 6.07) is 17.1. The molecule has 0 saturated carbocycles. The molecule has 0 amide bonds. The van der Waals surface area contributed by atoms with E-state index in [-0.39, 0.29) is 11.6 Å². The molecule has 7 rings (SSSR count). The zero-order valence-electron chi connectivity index (χ0n) is 20.7. The molecule has 0 spiro atoms. The first kappa shape index (κ1) is 22.0. The summed E-state index contributed by atoms with van der Waals surface area (Å²) in [7, 11) is 0. The molecule has 0 radical (unpaired) electrons. The van der Waals surface area contributed by atoms with Gasteiger partial charge in [0.15, 0.2) is 5.82 Å². The van der Waals surface area contributed by atoms with Gasteiger partial charge in [0, 0.05) is 23.3 Å². The lowest BCUT2D eigenvalue weighted by molar-refractivity contribution is 0.673. The highest BCUT2D eigenvalue weighted by molar-refractivity contribution is 6.07. The van der Waals surface area contributed by atoms with Crippen molar-refractivity contribution in [2.24, 2.45) is 0 Å². The van der Waals surface area contributed by atoms with Crippen molar-refractivity contribution in [3.8, 4) is 16.8 Å². The van der Waals surface area contributed by atoms with Gasteiger partial charge in [-0.2, -0.15) is 10.2 Å². The van der Waals surface area contributed by atoms with Crippen LogP contribution in [-0.4, -0.2) is 39.3 Å². The second-order valence-corrected chi connectivity index (χ2v) is 9.28. The Morgan fingerprint density at radius 3 is 2.74 bits per heavy atom. The van der Waals surface area contributed by atoms with Gasteiger partial charge in [0.2, 0.25) is 0 Å². The van der Waals surface area contributed by atoms with Gasteiger partial charge in [-0.05, 0) is 49.2 Å². The predicted octanol–water partition coefficient (Wildman–Crippen LogP) is 4.78. The number of aromatic nitrogens is 8. The Morgan fingerprint density at radius 2 is 1.87 bits per heavy atom. The standard InChI is InChI=1S/C28H23N9O/c1-16-11-12-36-24(16)28(38)37(18-7-4-3-5-8-18)27(35-36)17(2)33-26-23-21(13-29-25(23)30-15-31-26)19-9-6-10-22-20(19)14-32-34-22/h3-15,17H,1-2H3,(H,32,34)(H2,29,30,31,33)/t17-/m0/s1. The maximum atomic E-state index is 13.7. The Hall–Kier alpha value is -5.25. The monoisotopic (exact) mass is 501 g/mol. The normalized spacial score (nSPS) is 12.5. The molecule has 5 heterocycles. The van der Waals surface area contributed by atoms with Gasteiger partial charge >= 0.3 is 0 Å². The van der Waals surface area contributed by atoms with Gasteiger partial charge in [0.1, 0.15) is 23.3 Å². The maximum Gasteiger partial charge on any atom is 0.282 e. The number of fused-ring (bicyclic) bond motifs is 3. The average Bonchev–Trinajstić information content (AvgIpc) is 3.68. The predicted molar refractivity (Wildman–Crippen MR) is 147 cm³/mol. The van der Waals surface area contributed by atoms with Gasteiger partial charge in [-0.15, -0.1) is 0 Å². The minimum Gasteiger partial charge on any atom is -0.360 e. The van der Waals surface area contributed by atoms with Crippen LogP contribution in [0.15, 0.2) is 84.3 Å². The lowest BCUT2D eigenvalue weighted by atomic mass is 10.0. The number of rotatable bonds is 5. The fraction of sp³-hybridized carbons (Fsp3) is 0.107. The van der Waals surface area contributed by atoms with E-state index in [1.54, 1.807) is 9.08 Å². The molecule has 38 heavy (non-hydrogen) atoms. The van der Waals surface area contributed by atoms with Gasteiger partial charge < -0.3 is 10.3 Å². The van der Waals surface area contributed by atoms with Gasteiger partial charge in [-0.25, -0.2) is 14.5 Å². The third-order valence-electron chi connectivity index (χ3n) is 6.91. The number of hydrogen-bond donors (Lipinski definition) is 3.